The summed E-state index contributed by atoms with van der Waals surface area (Å²) in [7, 11) is 2.61. The zero-order chi connectivity index (χ0) is 45.2. The van der Waals surface area contributed by atoms with Crippen molar-refractivity contribution in [2.24, 2.45) is 11.8 Å². The standard InChI is InChI=1S/C46H56N10O8S/c1-25-5-13-35(55(25)43(57)37(51-45(59)61-3)29-15-19-63-20-16-29)41-47-23-33(49-41)28-9-7-27(8-10-28)31-11-12-32(40-39(31)53-65-54-40)34-24-48-42(50-34)36-14-6-26(2)56(36)44(58)38(52-46(60)62-4)30-17-21-64-22-18-30/h7-12,23-26,29-30,35-38H,5-6,13-22H2,1-4H3,(H,47,49)(H,48,50)(H,51,59)(H,52,60)/t25-,26-,35-,36-,37-,38-/m0/s1. The summed E-state index contributed by atoms with van der Waals surface area (Å²) in [6.07, 6.45) is 8.12. The van der Waals surface area contributed by atoms with Crippen molar-refractivity contribution in [3.63, 3.8) is 0 Å². The van der Waals surface area contributed by atoms with E-state index in [1.54, 1.807) is 12.4 Å². The number of hydrogen-bond donors (Lipinski definition) is 4. The number of aromatic nitrogens is 6. The minimum absolute atomic E-state index is 0.0310. The number of benzene rings is 2. The number of fused-ring (bicyclic) bond motifs is 1. The minimum atomic E-state index is -0.730. The number of hydrogen-bond acceptors (Lipinski definition) is 13. The number of alkyl carbamates (subject to hydrolysis) is 2. The van der Waals surface area contributed by atoms with Crippen LogP contribution < -0.4 is 10.6 Å². The summed E-state index contributed by atoms with van der Waals surface area (Å²) < 4.78 is 30.4. The third-order valence-corrected chi connectivity index (χ3v) is 14.3. The van der Waals surface area contributed by atoms with E-state index in [9.17, 15) is 19.2 Å². The van der Waals surface area contributed by atoms with E-state index in [0.29, 0.717) is 63.8 Å². The molecule has 18 nitrogen and oxygen atoms in total. The lowest BCUT2D eigenvalue weighted by atomic mass is 9.90. The first kappa shape index (κ1) is 44.3. The van der Waals surface area contributed by atoms with Gasteiger partial charge >= 0.3 is 12.2 Å². The fourth-order valence-electron chi connectivity index (χ4n) is 10.2. The fourth-order valence-corrected chi connectivity index (χ4v) is 10.8. The van der Waals surface area contributed by atoms with Crippen LogP contribution in [0.4, 0.5) is 9.59 Å². The smallest absolute Gasteiger partial charge is 0.407 e. The van der Waals surface area contributed by atoms with Crippen LogP contribution in [0.15, 0.2) is 48.8 Å². The van der Waals surface area contributed by atoms with E-state index in [1.165, 1.54) is 14.2 Å². The van der Waals surface area contributed by atoms with Gasteiger partial charge in [0.05, 0.1) is 61.8 Å². The summed E-state index contributed by atoms with van der Waals surface area (Å²) in [4.78, 5) is 73.7. The molecule has 4 saturated heterocycles. The molecule has 0 radical (unpaired) electrons. The second-order valence-electron chi connectivity index (χ2n) is 17.6. The van der Waals surface area contributed by atoms with Gasteiger partial charge in [-0.1, -0.05) is 30.3 Å². The molecule has 5 aromatic rings. The Morgan fingerprint density at radius 1 is 0.631 bits per heavy atom. The molecular weight excluding hydrogens is 853 g/mol. The van der Waals surface area contributed by atoms with Crippen LogP contribution in [0, 0.1) is 11.8 Å². The maximum Gasteiger partial charge on any atom is 0.407 e. The molecule has 7 heterocycles. The second-order valence-corrected chi connectivity index (χ2v) is 18.1. The molecule has 2 aromatic carbocycles. The van der Waals surface area contributed by atoms with Gasteiger partial charge in [-0.05, 0) is 94.2 Å². The van der Waals surface area contributed by atoms with Crippen molar-refractivity contribution in [1.29, 1.82) is 0 Å². The van der Waals surface area contributed by atoms with Crippen LogP contribution >= 0.6 is 11.7 Å². The van der Waals surface area contributed by atoms with Gasteiger partial charge in [-0.25, -0.2) is 19.6 Å². The Hall–Kier alpha value is -5.92. The minimum Gasteiger partial charge on any atom is -0.453 e. The van der Waals surface area contributed by atoms with Crippen molar-refractivity contribution in [2.45, 2.75) is 101 Å². The number of nitrogens with zero attached hydrogens (tertiary/aromatic N) is 6. The third kappa shape index (κ3) is 8.92. The lowest BCUT2D eigenvalue weighted by molar-refractivity contribution is -0.139. The van der Waals surface area contributed by atoms with E-state index >= 15 is 0 Å². The van der Waals surface area contributed by atoms with Crippen molar-refractivity contribution in [2.75, 3.05) is 40.6 Å². The second kappa shape index (κ2) is 19.3. The number of nitrogens with one attached hydrogen (secondary N) is 4. The van der Waals surface area contributed by atoms with Gasteiger partial charge in [-0.15, -0.1) is 0 Å². The molecule has 4 amide bonds. The molecule has 3 aromatic heterocycles. The van der Waals surface area contributed by atoms with Crippen molar-refractivity contribution in [1.82, 2.24) is 49.1 Å². The zero-order valence-electron chi connectivity index (χ0n) is 37.1. The molecule has 6 atom stereocenters. The van der Waals surface area contributed by atoms with Gasteiger partial charge in [-0.2, -0.15) is 8.75 Å². The van der Waals surface area contributed by atoms with Gasteiger partial charge in [0.2, 0.25) is 11.8 Å². The van der Waals surface area contributed by atoms with Crippen LogP contribution in [-0.4, -0.2) is 127 Å². The number of rotatable bonds is 11. The lowest BCUT2D eigenvalue weighted by Crippen LogP contribution is -2.54. The maximum atomic E-state index is 14.3. The Morgan fingerprint density at radius 2 is 1.08 bits per heavy atom. The highest BCUT2D eigenvalue weighted by molar-refractivity contribution is 7.00. The van der Waals surface area contributed by atoms with Crippen LogP contribution in [0.1, 0.15) is 88.9 Å². The Kier molecular flexibility index (Phi) is 13.1. The van der Waals surface area contributed by atoms with E-state index < -0.39 is 24.3 Å². The van der Waals surface area contributed by atoms with E-state index in [2.05, 4.69) is 32.7 Å². The third-order valence-electron chi connectivity index (χ3n) is 13.8. The average Bonchev–Trinajstić information content (AvgIpc) is 4.21. The quantitative estimate of drug-likeness (QED) is 0.111. The number of aromatic amines is 2. The number of amides is 4. The Labute approximate surface area is 380 Å². The monoisotopic (exact) mass is 908 g/mol. The molecule has 0 aliphatic carbocycles. The van der Waals surface area contributed by atoms with Crippen molar-refractivity contribution < 1.29 is 38.1 Å². The van der Waals surface area contributed by atoms with Crippen LogP contribution in [-0.2, 0) is 28.5 Å². The number of carbonyl (C=O) groups is 4. The van der Waals surface area contributed by atoms with Crippen molar-refractivity contribution in [3.05, 3.63) is 60.4 Å². The van der Waals surface area contributed by atoms with Crippen molar-refractivity contribution in [3.8, 4) is 33.6 Å². The Morgan fingerprint density at radius 3 is 1.58 bits per heavy atom. The summed E-state index contributed by atoms with van der Waals surface area (Å²) in [5.74, 6) is 0.991. The average molecular weight is 909 g/mol. The molecule has 0 unspecified atom stereocenters. The van der Waals surface area contributed by atoms with Gasteiger partial charge in [0, 0.05) is 49.6 Å². The molecule has 4 aliphatic heterocycles. The molecule has 0 bridgehead atoms. The SMILES string of the molecule is COC(=O)N[C@H](C(=O)N1[C@@H](C)CC[C@H]1c1ncc(-c2ccc(-c3ccc(-c4cnc([C@@H]5CC[C@H](C)N5C(=O)[C@@H](NC(=O)OC)C5CCOCC5)[nH]4)c4nsnc34)cc2)[nH]1)C1CCOCC1. The van der Waals surface area contributed by atoms with Crippen LogP contribution in [0.25, 0.3) is 44.7 Å². The predicted octanol–water partition coefficient (Wildman–Crippen LogP) is 6.54. The normalized spacial score (nSPS) is 22.8. The molecule has 4 aliphatic rings. The highest BCUT2D eigenvalue weighted by atomic mass is 32.1. The van der Waals surface area contributed by atoms with E-state index in [4.69, 9.17) is 37.7 Å². The summed E-state index contributed by atoms with van der Waals surface area (Å²) in [6, 6.07) is 10.2. The highest BCUT2D eigenvalue weighted by Crippen LogP contribution is 2.41. The number of carbonyl (C=O) groups excluding carboxylic acids is 4. The molecule has 0 saturated carbocycles. The highest BCUT2D eigenvalue weighted by Gasteiger charge is 2.45. The topological polar surface area (TPSA) is 219 Å². The molecule has 4 N–H and O–H groups in total. The molecule has 9 rings (SSSR count). The summed E-state index contributed by atoms with van der Waals surface area (Å²) in [6.45, 7) is 6.25. The number of H-pyrrole nitrogens is 2. The van der Waals surface area contributed by atoms with Crippen molar-refractivity contribution >= 4 is 46.8 Å². The van der Waals surface area contributed by atoms with E-state index in [-0.39, 0.29) is 47.8 Å². The van der Waals surface area contributed by atoms with Gasteiger partial charge in [0.15, 0.2) is 0 Å². The molecule has 4 fully saturated rings. The Balaban J connectivity index is 0.915. The number of ether oxygens (including phenoxy) is 4. The number of imidazole rings is 2. The van der Waals surface area contributed by atoms with Gasteiger partial charge in [0.25, 0.3) is 0 Å². The van der Waals surface area contributed by atoms with Crippen LogP contribution in [0.2, 0.25) is 0 Å². The van der Waals surface area contributed by atoms with Crippen LogP contribution in [0.3, 0.4) is 0 Å². The largest absolute Gasteiger partial charge is 0.453 e. The lowest BCUT2D eigenvalue weighted by Gasteiger charge is -2.36. The van der Waals surface area contributed by atoms with Gasteiger partial charge in [-0.3, -0.25) is 9.59 Å². The van der Waals surface area contributed by atoms with Gasteiger partial charge < -0.3 is 49.3 Å². The predicted molar refractivity (Wildman–Crippen MR) is 240 cm³/mol. The van der Waals surface area contributed by atoms with Crippen LogP contribution in [0.5, 0.6) is 0 Å². The Bertz CT molecular complexity index is 2500. The van der Waals surface area contributed by atoms with Gasteiger partial charge in [0.1, 0.15) is 34.8 Å². The first-order valence-corrected chi connectivity index (χ1v) is 23.3. The number of likely N-dealkylation sites (tertiary alicyclic amines) is 2. The van der Waals surface area contributed by atoms with E-state index in [0.717, 1.165) is 82.1 Å². The molecule has 65 heavy (non-hydrogen) atoms. The summed E-state index contributed by atoms with van der Waals surface area (Å²) in [5, 5.41) is 5.67. The summed E-state index contributed by atoms with van der Waals surface area (Å²) in [5.41, 5.74) is 6.79. The molecule has 0 spiro atoms. The van der Waals surface area contributed by atoms with E-state index in [1.807, 2.05) is 47.9 Å². The number of methoxy groups -OCH3 is 2. The molecular formula is C46H56N10O8S. The first-order chi connectivity index (χ1) is 31.6. The summed E-state index contributed by atoms with van der Waals surface area (Å²) >= 11 is 1.15. The molecule has 19 heteroatoms. The maximum absolute atomic E-state index is 14.3. The zero-order valence-corrected chi connectivity index (χ0v) is 37.9. The molecule has 344 valence electrons. The first-order valence-electron chi connectivity index (χ1n) is 22.6. The fraction of sp³-hybridized carbons (Fsp3) is 0.522.